The molecule has 3 rings (SSSR count). The Morgan fingerprint density at radius 1 is 1.26 bits per heavy atom. The molecule has 0 radical (unpaired) electrons. The van der Waals surface area contributed by atoms with E-state index in [-0.39, 0.29) is 36.4 Å². The molecule has 1 amide bonds. The summed E-state index contributed by atoms with van der Waals surface area (Å²) >= 11 is 0. The Morgan fingerprint density at radius 2 is 1.91 bits per heavy atom. The fourth-order valence-corrected chi connectivity index (χ4v) is 4.85. The molecule has 0 atom stereocenters. The maximum absolute atomic E-state index is 13.1. The van der Waals surface area contributed by atoms with Crippen LogP contribution in [-0.2, 0) is 20.3 Å². The highest BCUT2D eigenvalue weighted by Gasteiger charge is 2.32. The van der Waals surface area contributed by atoms with Gasteiger partial charge in [0.15, 0.2) is 5.69 Å². The summed E-state index contributed by atoms with van der Waals surface area (Å²) in [5.41, 5.74) is -0.345. The van der Waals surface area contributed by atoms with Crippen molar-refractivity contribution in [3.8, 4) is 11.6 Å². The lowest BCUT2D eigenvalue weighted by Gasteiger charge is -2.23. The van der Waals surface area contributed by atoms with Gasteiger partial charge < -0.3 is 14.4 Å². The van der Waals surface area contributed by atoms with Crippen LogP contribution in [0.4, 0.5) is 5.69 Å². The summed E-state index contributed by atoms with van der Waals surface area (Å²) in [6.07, 6.45) is 1.85. The molecule has 1 aliphatic heterocycles. The zero-order valence-corrected chi connectivity index (χ0v) is 21.3. The number of hydrogen-bond acceptors (Lipinski definition) is 8. The van der Waals surface area contributed by atoms with Crippen LogP contribution in [0.15, 0.2) is 23.1 Å². The second-order valence-corrected chi connectivity index (χ2v) is 11.0. The van der Waals surface area contributed by atoms with Crippen LogP contribution in [0.3, 0.4) is 0 Å². The van der Waals surface area contributed by atoms with E-state index in [0.717, 1.165) is 25.0 Å². The van der Waals surface area contributed by atoms with Crippen molar-refractivity contribution >= 4 is 21.6 Å². The second-order valence-electron chi connectivity index (χ2n) is 9.24. The maximum Gasteiger partial charge on any atom is 0.274 e. The topological polar surface area (TPSA) is 146 Å². The van der Waals surface area contributed by atoms with Crippen molar-refractivity contribution in [1.82, 2.24) is 19.4 Å². The first-order valence-corrected chi connectivity index (χ1v) is 12.7. The fourth-order valence-electron chi connectivity index (χ4n) is 3.69. The van der Waals surface area contributed by atoms with Crippen LogP contribution in [0, 0.1) is 17.0 Å². The van der Waals surface area contributed by atoms with Crippen molar-refractivity contribution in [2.75, 3.05) is 33.4 Å². The number of non-ortho nitro benzene ring substituents is 1. The van der Waals surface area contributed by atoms with Crippen LogP contribution >= 0.6 is 0 Å². The molecule has 0 unspecified atom stereocenters. The third-order valence-electron chi connectivity index (χ3n) is 5.53. The van der Waals surface area contributed by atoms with Gasteiger partial charge in [0.05, 0.1) is 17.1 Å². The SMILES string of the molecule is COCCNS(=O)(=O)c1cc([N+](=O)[O-])ccc1Oc1c(C)c(C(=O)N2CCCC2)nn1C(C)(C)C. The number of methoxy groups -OCH3 is 1. The molecule has 2 heterocycles. The Morgan fingerprint density at radius 3 is 2.49 bits per heavy atom. The summed E-state index contributed by atoms with van der Waals surface area (Å²) in [6, 6.07) is 3.32. The zero-order chi connectivity index (χ0) is 26.0. The van der Waals surface area contributed by atoms with Gasteiger partial charge in [-0.1, -0.05) is 0 Å². The van der Waals surface area contributed by atoms with Crippen LogP contribution in [0.2, 0.25) is 0 Å². The van der Waals surface area contributed by atoms with Gasteiger partial charge in [-0.2, -0.15) is 5.10 Å². The minimum atomic E-state index is -4.19. The lowest BCUT2D eigenvalue weighted by atomic mass is 10.1. The number of aromatic nitrogens is 2. The van der Waals surface area contributed by atoms with Crippen molar-refractivity contribution in [2.45, 2.75) is 51.0 Å². The van der Waals surface area contributed by atoms with E-state index in [2.05, 4.69) is 9.82 Å². The van der Waals surface area contributed by atoms with Gasteiger partial charge in [0.1, 0.15) is 10.6 Å². The van der Waals surface area contributed by atoms with Gasteiger partial charge in [0.2, 0.25) is 15.9 Å². The molecule has 1 aromatic carbocycles. The van der Waals surface area contributed by atoms with Crippen molar-refractivity contribution in [1.29, 1.82) is 0 Å². The summed E-state index contributed by atoms with van der Waals surface area (Å²) in [5.74, 6) is -0.165. The third-order valence-corrected chi connectivity index (χ3v) is 7.01. The summed E-state index contributed by atoms with van der Waals surface area (Å²) in [4.78, 5) is 25.1. The number of likely N-dealkylation sites (tertiary alicyclic amines) is 1. The highest BCUT2D eigenvalue weighted by molar-refractivity contribution is 7.89. The van der Waals surface area contributed by atoms with Gasteiger partial charge >= 0.3 is 0 Å². The predicted molar refractivity (Wildman–Crippen MR) is 127 cm³/mol. The number of nitrogens with zero attached hydrogens (tertiary/aromatic N) is 4. The largest absolute Gasteiger partial charge is 0.438 e. The molecular formula is C22H31N5O7S. The van der Waals surface area contributed by atoms with E-state index >= 15 is 0 Å². The van der Waals surface area contributed by atoms with E-state index in [4.69, 9.17) is 9.47 Å². The quantitative estimate of drug-likeness (QED) is 0.308. The monoisotopic (exact) mass is 509 g/mol. The molecule has 1 aromatic heterocycles. The lowest BCUT2D eigenvalue weighted by molar-refractivity contribution is -0.385. The van der Waals surface area contributed by atoms with Crippen LogP contribution in [0.5, 0.6) is 11.6 Å². The Kier molecular flexibility index (Phi) is 7.82. The average Bonchev–Trinajstić information content (AvgIpc) is 3.42. The lowest BCUT2D eigenvalue weighted by Crippen LogP contribution is -2.29. The molecule has 1 aliphatic rings. The van der Waals surface area contributed by atoms with Crippen LogP contribution in [0.1, 0.15) is 49.7 Å². The van der Waals surface area contributed by atoms with Crippen molar-refractivity contribution in [3.63, 3.8) is 0 Å². The number of amides is 1. The van der Waals surface area contributed by atoms with Gasteiger partial charge in [0, 0.05) is 44.4 Å². The standard InChI is InChI=1S/C22H31N5O7S/c1-15-19(20(28)25-11-6-7-12-25)24-26(22(2,3)4)21(15)34-17-9-8-16(27(29)30)14-18(17)35(31,32)23-10-13-33-5/h8-9,14,23H,6-7,10-13H2,1-5H3. The number of carbonyl (C=O) groups excluding carboxylic acids is 1. The Balaban J connectivity index is 2.10. The molecule has 0 bridgehead atoms. The summed E-state index contributed by atoms with van der Waals surface area (Å²) < 4.78 is 40.8. The first kappa shape index (κ1) is 26.6. The van der Waals surface area contributed by atoms with Gasteiger partial charge in [-0.3, -0.25) is 14.9 Å². The number of carbonyl (C=O) groups is 1. The summed E-state index contributed by atoms with van der Waals surface area (Å²) in [6.45, 7) is 8.67. The third kappa shape index (κ3) is 5.80. The number of benzene rings is 1. The average molecular weight is 510 g/mol. The van der Waals surface area contributed by atoms with Crippen molar-refractivity contribution in [2.24, 2.45) is 0 Å². The van der Waals surface area contributed by atoms with Gasteiger partial charge in [0.25, 0.3) is 11.6 Å². The fraction of sp³-hybridized carbons (Fsp3) is 0.545. The summed E-state index contributed by atoms with van der Waals surface area (Å²) in [7, 11) is -2.76. The second kappa shape index (κ2) is 10.3. The van der Waals surface area contributed by atoms with Crippen molar-refractivity contribution < 1.29 is 27.6 Å². The number of rotatable bonds is 9. The van der Waals surface area contributed by atoms with E-state index in [0.29, 0.717) is 18.7 Å². The molecule has 192 valence electrons. The van der Waals surface area contributed by atoms with E-state index in [9.17, 15) is 23.3 Å². The number of nitro benzene ring substituents is 1. The van der Waals surface area contributed by atoms with E-state index in [1.807, 2.05) is 20.8 Å². The van der Waals surface area contributed by atoms with Gasteiger partial charge in [-0.05, 0) is 46.6 Å². The van der Waals surface area contributed by atoms with E-state index in [1.54, 1.807) is 11.8 Å². The molecule has 35 heavy (non-hydrogen) atoms. The number of nitrogens with one attached hydrogen (secondary N) is 1. The molecule has 1 saturated heterocycles. The van der Waals surface area contributed by atoms with Crippen LogP contribution in [0.25, 0.3) is 0 Å². The normalized spacial score (nSPS) is 14.4. The molecule has 0 aliphatic carbocycles. The van der Waals surface area contributed by atoms with Gasteiger partial charge in [-0.15, -0.1) is 0 Å². The molecule has 1 N–H and O–H groups in total. The zero-order valence-electron chi connectivity index (χ0n) is 20.5. The Bertz CT molecular complexity index is 1210. The first-order chi connectivity index (χ1) is 16.4. The molecule has 1 fully saturated rings. The molecule has 0 spiro atoms. The highest BCUT2D eigenvalue weighted by atomic mass is 32.2. The van der Waals surface area contributed by atoms with E-state index in [1.165, 1.54) is 17.9 Å². The van der Waals surface area contributed by atoms with Crippen molar-refractivity contribution in [3.05, 3.63) is 39.6 Å². The van der Waals surface area contributed by atoms with Gasteiger partial charge in [-0.25, -0.2) is 17.8 Å². The molecule has 2 aromatic rings. The molecule has 12 nitrogen and oxygen atoms in total. The maximum atomic E-state index is 13.1. The minimum Gasteiger partial charge on any atom is -0.438 e. The first-order valence-electron chi connectivity index (χ1n) is 11.2. The molecule has 0 saturated carbocycles. The highest BCUT2D eigenvalue weighted by Crippen LogP contribution is 2.37. The molecular weight excluding hydrogens is 478 g/mol. The minimum absolute atomic E-state index is 0.0333. The Hall–Kier alpha value is -3.03. The van der Waals surface area contributed by atoms with Crippen LogP contribution in [-0.4, -0.2) is 67.3 Å². The number of sulfonamides is 1. The van der Waals surface area contributed by atoms with Crippen LogP contribution < -0.4 is 9.46 Å². The molecule has 13 heteroatoms. The van der Waals surface area contributed by atoms with E-state index < -0.39 is 31.1 Å². The number of ether oxygens (including phenoxy) is 2. The predicted octanol–water partition coefficient (Wildman–Crippen LogP) is 2.81. The smallest absolute Gasteiger partial charge is 0.274 e. The summed E-state index contributed by atoms with van der Waals surface area (Å²) in [5, 5.41) is 15.9. The number of nitro groups is 1. The Labute approximate surface area is 204 Å². The number of hydrogen-bond donors (Lipinski definition) is 1.